The Labute approximate surface area is 95.3 Å². The van der Waals surface area contributed by atoms with Gasteiger partial charge in [-0.15, -0.1) is 0 Å². The zero-order valence-electron chi connectivity index (χ0n) is 11.3. The van der Waals surface area contributed by atoms with Crippen molar-refractivity contribution in [1.82, 2.24) is 0 Å². The predicted molar refractivity (Wildman–Crippen MR) is 65.1 cm³/mol. The first-order chi connectivity index (χ1) is 6.98. The Morgan fingerprint density at radius 1 is 1.00 bits per heavy atom. The number of methoxy groups -OCH3 is 2. The second-order valence-electron chi connectivity index (χ2n) is 5.10. The lowest BCUT2D eigenvalue weighted by Gasteiger charge is -2.37. The first-order valence-corrected chi connectivity index (χ1v) is 6.02. The summed E-state index contributed by atoms with van der Waals surface area (Å²) in [4.78, 5) is 0. The van der Waals surface area contributed by atoms with Gasteiger partial charge in [-0.1, -0.05) is 27.7 Å². The fourth-order valence-corrected chi connectivity index (χ4v) is 1.95. The number of hydrogen-bond donors (Lipinski definition) is 0. The monoisotopic (exact) mass is 216 g/mol. The van der Waals surface area contributed by atoms with Gasteiger partial charge in [-0.3, -0.25) is 0 Å². The largest absolute Gasteiger partial charge is 0.385 e. The average molecular weight is 216 g/mol. The van der Waals surface area contributed by atoms with Gasteiger partial charge in [0.25, 0.3) is 0 Å². The van der Waals surface area contributed by atoms with Crippen molar-refractivity contribution in [1.29, 1.82) is 0 Å². The van der Waals surface area contributed by atoms with Crippen LogP contribution >= 0.6 is 0 Å². The van der Waals surface area contributed by atoms with Gasteiger partial charge in [0.2, 0.25) is 0 Å². The molecule has 0 fully saturated rings. The van der Waals surface area contributed by atoms with Crippen molar-refractivity contribution >= 4 is 0 Å². The summed E-state index contributed by atoms with van der Waals surface area (Å²) in [6.07, 6.45) is 3.34. The van der Waals surface area contributed by atoms with E-state index >= 15 is 0 Å². The summed E-state index contributed by atoms with van der Waals surface area (Å²) in [6, 6.07) is 0. The SMILES string of the molecule is COCCC(CCC(C)C)(OC)C(C)C. The van der Waals surface area contributed by atoms with Crippen LogP contribution in [0.3, 0.4) is 0 Å². The van der Waals surface area contributed by atoms with Crippen LogP contribution in [0.1, 0.15) is 47.0 Å². The molecule has 0 N–H and O–H groups in total. The normalized spacial score (nSPS) is 16.0. The van der Waals surface area contributed by atoms with Gasteiger partial charge in [-0.25, -0.2) is 0 Å². The van der Waals surface area contributed by atoms with Crippen LogP contribution in [-0.4, -0.2) is 26.4 Å². The van der Waals surface area contributed by atoms with Crippen LogP contribution in [0.25, 0.3) is 0 Å². The van der Waals surface area contributed by atoms with Crippen molar-refractivity contribution in [3.63, 3.8) is 0 Å². The van der Waals surface area contributed by atoms with E-state index in [-0.39, 0.29) is 5.60 Å². The molecule has 92 valence electrons. The fourth-order valence-electron chi connectivity index (χ4n) is 1.95. The lowest BCUT2D eigenvalue weighted by molar-refractivity contribution is -0.0753. The molecule has 15 heavy (non-hydrogen) atoms. The summed E-state index contributed by atoms with van der Waals surface area (Å²) >= 11 is 0. The van der Waals surface area contributed by atoms with Gasteiger partial charge in [0, 0.05) is 20.8 Å². The maximum absolute atomic E-state index is 5.77. The van der Waals surface area contributed by atoms with E-state index in [1.165, 1.54) is 6.42 Å². The van der Waals surface area contributed by atoms with E-state index in [4.69, 9.17) is 9.47 Å². The first kappa shape index (κ1) is 14.9. The molecule has 0 aliphatic rings. The van der Waals surface area contributed by atoms with Crippen LogP contribution in [0.4, 0.5) is 0 Å². The summed E-state index contributed by atoms with van der Waals surface area (Å²) in [5.41, 5.74) is 0.000278. The molecule has 0 saturated heterocycles. The number of hydrogen-bond acceptors (Lipinski definition) is 2. The van der Waals surface area contributed by atoms with Crippen LogP contribution in [-0.2, 0) is 9.47 Å². The molecular formula is C13H28O2. The Bertz CT molecular complexity index is 155. The molecule has 0 aliphatic heterocycles. The molecule has 0 radical (unpaired) electrons. The summed E-state index contributed by atoms with van der Waals surface area (Å²) < 4.78 is 10.9. The zero-order valence-corrected chi connectivity index (χ0v) is 11.3. The first-order valence-electron chi connectivity index (χ1n) is 6.02. The molecule has 0 aliphatic carbocycles. The second-order valence-corrected chi connectivity index (χ2v) is 5.10. The van der Waals surface area contributed by atoms with E-state index in [0.29, 0.717) is 5.92 Å². The van der Waals surface area contributed by atoms with Crippen LogP contribution in [0.5, 0.6) is 0 Å². The van der Waals surface area contributed by atoms with E-state index in [1.807, 2.05) is 7.11 Å². The molecule has 0 amide bonds. The van der Waals surface area contributed by atoms with Crippen molar-refractivity contribution in [3.8, 4) is 0 Å². The van der Waals surface area contributed by atoms with Crippen LogP contribution < -0.4 is 0 Å². The molecule has 0 aromatic rings. The lowest BCUT2D eigenvalue weighted by Crippen LogP contribution is -2.39. The van der Waals surface area contributed by atoms with Crippen molar-refractivity contribution in [2.24, 2.45) is 11.8 Å². The maximum atomic E-state index is 5.77. The standard InChI is InChI=1S/C13H28O2/c1-11(2)7-8-13(15-6,12(3)4)9-10-14-5/h11-12H,7-10H2,1-6H3. The van der Waals surface area contributed by atoms with E-state index in [2.05, 4.69) is 27.7 Å². The Hall–Kier alpha value is -0.0800. The summed E-state index contributed by atoms with van der Waals surface area (Å²) in [5, 5.41) is 0. The highest BCUT2D eigenvalue weighted by molar-refractivity contribution is 4.84. The molecule has 0 rings (SSSR count). The highest BCUT2D eigenvalue weighted by Gasteiger charge is 2.32. The molecule has 1 atom stereocenters. The molecule has 0 heterocycles. The third-order valence-corrected chi connectivity index (χ3v) is 3.33. The predicted octanol–water partition coefficient (Wildman–Crippen LogP) is 3.50. The van der Waals surface area contributed by atoms with Crippen LogP contribution in [0, 0.1) is 11.8 Å². The van der Waals surface area contributed by atoms with Crippen LogP contribution in [0.2, 0.25) is 0 Å². The smallest absolute Gasteiger partial charge is 0.0723 e. The average Bonchev–Trinajstić information content (AvgIpc) is 2.18. The van der Waals surface area contributed by atoms with Gasteiger partial charge < -0.3 is 9.47 Å². The molecule has 1 unspecified atom stereocenters. The van der Waals surface area contributed by atoms with Crippen molar-refractivity contribution in [2.45, 2.75) is 52.6 Å². The summed E-state index contributed by atoms with van der Waals surface area (Å²) in [6.45, 7) is 9.78. The minimum absolute atomic E-state index is 0.000278. The van der Waals surface area contributed by atoms with Crippen molar-refractivity contribution < 1.29 is 9.47 Å². The molecule has 0 aromatic heterocycles. The Morgan fingerprint density at radius 2 is 1.60 bits per heavy atom. The van der Waals surface area contributed by atoms with Gasteiger partial charge >= 0.3 is 0 Å². The summed E-state index contributed by atoms with van der Waals surface area (Å²) in [5.74, 6) is 1.28. The Balaban J connectivity index is 4.36. The minimum atomic E-state index is 0.000278. The molecule has 2 nitrogen and oxygen atoms in total. The van der Waals surface area contributed by atoms with Crippen molar-refractivity contribution in [3.05, 3.63) is 0 Å². The molecule has 0 saturated carbocycles. The van der Waals surface area contributed by atoms with E-state index in [9.17, 15) is 0 Å². The lowest BCUT2D eigenvalue weighted by atomic mass is 9.81. The van der Waals surface area contributed by atoms with Crippen LogP contribution in [0.15, 0.2) is 0 Å². The van der Waals surface area contributed by atoms with E-state index < -0.39 is 0 Å². The fraction of sp³-hybridized carbons (Fsp3) is 1.00. The topological polar surface area (TPSA) is 18.5 Å². The van der Waals surface area contributed by atoms with E-state index in [0.717, 1.165) is 25.4 Å². The molecular weight excluding hydrogens is 188 g/mol. The highest BCUT2D eigenvalue weighted by atomic mass is 16.5. The van der Waals surface area contributed by atoms with Gasteiger partial charge in [0.05, 0.1) is 5.60 Å². The third kappa shape index (κ3) is 4.98. The molecule has 0 aromatic carbocycles. The number of rotatable bonds is 8. The third-order valence-electron chi connectivity index (χ3n) is 3.33. The van der Waals surface area contributed by atoms with Crippen molar-refractivity contribution in [2.75, 3.05) is 20.8 Å². The highest BCUT2D eigenvalue weighted by Crippen LogP contribution is 2.31. The number of ether oxygens (including phenoxy) is 2. The molecule has 2 heteroatoms. The van der Waals surface area contributed by atoms with E-state index in [1.54, 1.807) is 7.11 Å². The Morgan fingerprint density at radius 3 is 1.93 bits per heavy atom. The summed E-state index contributed by atoms with van der Waals surface area (Å²) in [7, 11) is 3.58. The second kappa shape index (κ2) is 7.24. The minimum Gasteiger partial charge on any atom is -0.385 e. The Kier molecular flexibility index (Phi) is 7.20. The quantitative estimate of drug-likeness (QED) is 0.618. The maximum Gasteiger partial charge on any atom is 0.0723 e. The molecule has 0 bridgehead atoms. The van der Waals surface area contributed by atoms with Gasteiger partial charge in [0.15, 0.2) is 0 Å². The molecule has 0 spiro atoms. The zero-order chi connectivity index (χ0) is 11.9. The van der Waals surface area contributed by atoms with Gasteiger partial charge in [-0.2, -0.15) is 0 Å². The van der Waals surface area contributed by atoms with Gasteiger partial charge in [-0.05, 0) is 31.1 Å². The van der Waals surface area contributed by atoms with Gasteiger partial charge in [0.1, 0.15) is 0 Å².